The van der Waals surface area contributed by atoms with Gasteiger partial charge in [-0.15, -0.1) is 0 Å². The van der Waals surface area contributed by atoms with Crippen molar-refractivity contribution in [3.63, 3.8) is 0 Å². The number of methoxy groups -OCH3 is 2. The van der Waals surface area contributed by atoms with Gasteiger partial charge in [0.2, 0.25) is 0 Å². The second-order valence-corrected chi connectivity index (χ2v) is 7.53. The van der Waals surface area contributed by atoms with Crippen molar-refractivity contribution < 1.29 is 28.5 Å². The molecule has 0 fully saturated rings. The Hall–Kier alpha value is -3.75. The van der Waals surface area contributed by atoms with Gasteiger partial charge in [0.1, 0.15) is 11.5 Å². The number of benzene rings is 3. The highest BCUT2D eigenvalue weighted by molar-refractivity contribution is 6.35. The van der Waals surface area contributed by atoms with E-state index in [1.165, 1.54) is 19.4 Å². The molecule has 0 aromatic heterocycles. The number of rotatable bonds is 9. The number of esters is 1. The quantitative estimate of drug-likeness (QED) is 0.196. The number of carbonyl (C=O) groups is 2. The Bertz CT molecular complexity index is 1200. The van der Waals surface area contributed by atoms with E-state index >= 15 is 0 Å². The van der Waals surface area contributed by atoms with E-state index in [1.807, 2.05) is 0 Å². The average molecular weight is 503 g/mol. The van der Waals surface area contributed by atoms with Gasteiger partial charge >= 0.3 is 5.97 Å². The smallest absolute Gasteiger partial charge is 0.343 e. The Kier molecular flexibility index (Phi) is 8.73. The molecular weight excluding hydrogens is 483 g/mol. The van der Waals surface area contributed by atoms with Crippen LogP contribution in [-0.4, -0.2) is 38.9 Å². The van der Waals surface area contributed by atoms with Crippen molar-refractivity contribution in [2.45, 2.75) is 0 Å². The van der Waals surface area contributed by atoms with E-state index in [1.54, 1.807) is 61.7 Å². The minimum absolute atomic E-state index is 0.234. The first-order valence-corrected chi connectivity index (χ1v) is 10.6. The van der Waals surface area contributed by atoms with Crippen molar-refractivity contribution in [2.24, 2.45) is 5.10 Å². The largest absolute Gasteiger partial charge is 0.497 e. The number of hydrogen-bond donors (Lipinski definition) is 1. The van der Waals surface area contributed by atoms with E-state index in [-0.39, 0.29) is 12.4 Å². The molecule has 0 radical (unpaired) electrons. The SMILES string of the molecule is COc1ccc(C(=O)Oc2ccc(C=NNC(=O)COc3ccc(Cl)cc3Cl)cc2OC)cc1. The molecule has 0 saturated heterocycles. The molecule has 8 nitrogen and oxygen atoms in total. The monoisotopic (exact) mass is 502 g/mol. The lowest BCUT2D eigenvalue weighted by Gasteiger charge is -2.10. The van der Waals surface area contributed by atoms with E-state index in [0.717, 1.165) is 0 Å². The molecule has 3 aromatic carbocycles. The molecule has 3 rings (SSSR count). The van der Waals surface area contributed by atoms with E-state index in [2.05, 4.69) is 10.5 Å². The number of carbonyl (C=O) groups excluding carboxylic acids is 2. The lowest BCUT2D eigenvalue weighted by molar-refractivity contribution is -0.123. The number of hydrogen-bond acceptors (Lipinski definition) is 7. The van der Waals surface area contributed by atoms with Gasteiger partial charge in [0.15, 0.2) is 18.1 Å². The van der Waals surface area contributed by atoms with Gasteiger partial charge in [-0.3, -0.25) is 4.79 Å². The zero-order chi connectivity index (χ0) is 24.5. The number of halogens is 2. The summed E-state index contributed by atoms with van der Waals surface area (Å²) in [7, 11) is 2.99. The van der Waals surface area contributed by atoms with E-state index in [0.29, 0.717) is 38.4 Å². The van der Waals surface area contributed by atoms with Crippen LogP contribution < -0.4 is 24.4 Å². The molecule has 34 heavy (non-hydrogen) atoms. The van der Waals surface area contributed by atoms with Crippen molar-refractivity contribution in [1.82, 2.24) is 5.43 Å². The topological polar surface area (TPSA) is 95.5 Å². The molecule has 1 N–H and O–H groups in total. The summed E-state index contributed by atoms with van der Waals surface area (Å²) in [5.41, 5.74) is 3.31. The van der Waals surface area contributed by atoms with Crippen molar-refractivity contribution in [3.05, 3.63) is 81.8 Å². The van der Waals surface area contributed by atoms with Crippen molar-refractivity contribution in [1.29, 1.82) is 0 Å². The van der Waals surface area contributed by atoms with Crippen LogP contribution >= 0.6 is 23.2 Å². The van der Waals surface area contributed by atoms with Crippen LogP contribution in [-0.2, 0) is 4.79 Å². The van der Waals surface area contributed by atoms with Gasteiger partial charge in [0, 0.05) is 5.02 Å². The maximum absolute atomic E-state index is 12.4. The predicted octanol–water partition coefficient (Wildman–Crippen LogP) is 4.76. The fraction of sp³-hybridized carbons (Fsp3) is 0.125. The number of nitrogens with zero attached hydrogens (tertiary/aromatic N) is 1. The first-order valence-electron chi connectivity index (χ1n) is 9.83. The van der Waals surface area contributed by atoms with Crippen molar-refractivity contribution in [2.75, 3.05) is 20.8 Å². The highest BCUT2D eigenvalue weighted by Crippen LogP contribution is 2.29. The fourth-order valence-electron chi connectivity index (χ4n) is 2.68. The zero-order valence-corrected chi connectivity index (χ0v) is 19.7. The predicted molar refractivity (Wildman–Crippen MR) is 129 cm³/mol. The van der Waals surface area contributed by atoms with Crippen molar-refractivity contribution >= 4 is 41.3 Å². The minimum Gasteiger partial charge on any atom is -0.497 e. The summed E-state index contributed by atoms with van der Waals surface area (Å²) < 4.78 is 21.2. The summed E-state index contributed by atoms with van der Waals surface area (Å²) in [5, 5.41) is 4.64. The summed E-state index contributed by atoms with van der Waals surface area (Å²) in [5.74, 6) is 0.477. The third-order valence-corrected chi connectivity index (χ3v) is 4.90. The molecule has 3 aromatic rings. The molecular formula is C24H20Cl2N2O6. The Balaban J connectivity index is 1.56. The van der Waals surface area contributed by atoms with Gasteiger partial charge in [0.25, 0.3) is 5.91 Å². The lowest BCUT2D eigenvalue weighted by Crippen LogP contribution is -2.24. The minimum atomic E-state index is -0.546. The molecule has 10 heteroatoms. The molecule has 0 saturated carbocycles. The molecule has 0 atom stereocenters. The van der Waals surface area contributed by atoms with Gasteiger partial charge in [-0.1, -0.05) is 23.2 Å². The summed E-state index contributed by atoms with van der Waals surface area (Å²) in [6, 6.07) is 16.0. The summed E-state index contributed by atoms with van der Waals surface area (Å²) in [6.07, 6.45) is 1.41. The summed E-state index contributed by atoms with van der Waals surface area (Å²) in [4.78, 5) is 24.3. The van der Waals surface area contributed by atoms with Crippen LogP contribution in [0.25, 0.3) is 0 Å². The van der Waals surface area contributed by atoms with Gasteiger partial charge in [0.05, 0.1) is 31.0 Å². The van der Waals surface area contributed by atoms with Crippen LogP contribution in [0.1, 0.15) is 15.9 Å². The maximum Gasteiger partial charge on any atom is 0.343 e. The van der Waals surface area contributed by atoms with Gasteiger partial charge in [-0.2, -0.15) is 5.10 Å². The average Bonchev–Trinajstić information content (AvgIpc) is 2.84. The summed E-state index contributed by atoms with van der Waals surface area (Å²) in [6.45, 7) is -0.289. The van der Waals surface area contributed by atoms with Gasteiger partial charge < -0.3 is 18.9 Å². The second kappa shape index (κ2) is 11.9. The van der Waals surface area contributed by atoms with E-state index < -0.39 is 11.9 Å². The first kappa shape index (κ1) is 24.9. The molecule has 0 heterocycles. The molecule has 0 aliphatic heterocycles. The van der Waals surface area contributed by atoms with Gasteiger partial charge in [-0.05, 0) is 66.2 Å². The number of amides is 1. The first-order chi connectivity index (χ1) is 16.4. The fourth-order valence-corrected chi connectivity index (χ4v) is 3.14. The van der Waals surface area contributed by atoms with Gasteiger partial charge in [-0.25, -0.2) is 10.2 Å². The molecule has 0 spiro atoms. The van der Waals surface area contributed by atoms with Crippen LogP contribution in [0.5, 0.6) is 23.0 Å². The number of nitrogens with one attached hydrogen (secondary N) is 1. The molecule has 0 aliphatic rings. The molecule has 1 amide bonds. The highest BCUT2D eigenvalue weighted by atomic mass is 35.5. The standard InChI is InChI=1S/C24H20Cl2N2O6/c1-31-18-7-4-16(5-8-18)24(30)34-21-9-3-15(11-22(21)32-2)13-27-28-23(29)14-33-20-10-6-17(25)12-19(20)26/h3-13H,14H2,1-2H3,(H,28,29). The maximum atomic E-state index is 12.4. The number of ether oxygens (including phenoxy) is 4. The highest BCUT2D eigenvalue weighted by Gasteiger charge is 2.13. The lowest BCUT2D eigenvalue weighted by atomic mass is 10.2. The van der Waals surface area contributed by atoms with Crippen LogP contribution in [0.4, 0.5) is 0 Å². The molecule has 176 valence electrons. The van der Waals surface area contributed by atoms with Crippen LogP contribution in [0, 0.1) is 0 Å². The van der Waals surface area contributed by atoms with E-state index in [4.69, 9.17) is 42.1 Å². The second-order valence-electron chi connectivity index (χ2n) is 6.68. The van der Waals surface area contributed by atoms with Crippen LogP contribution in [0.15, 0.2) is 65.8 Å². The van der Waals surface area contributed by atoms with Crippen LogP contribution in [0.2, 0.25) is 10.0 Å². The van der Waals surface area contributed by atoms with Crippen LogP contribution in [0.3, 0.4) is 0 Å². The molecule has 0 aliphatic carbocycles. The Morgan fingerprint density at radius 1 is 0.912 bits per heavy atom. The van der Waals surface area contributed by atoms with E-state index in [9.17, 15) is 9.59 Å². The molecule has 0 bridgehead atoms. The Morgan fingerprint density at radius 2 is 1.65 bits per heavy atom. The third kappa shape index (κ3) is 6.87. The van der Waals surface area contributed by atoms with Crippen molar-refractivity contribution in [3.8, 4) is 23.0 Å². The third-order valence-electron chi connectivity index (χ3n) is 4.37. The Labute approximate surface area is 206 Å². The number of hydrazone groups is 1. The Morgan fingerprint density at radius 3 is 2.32 bits per heavy atom. The normalized spacial score (nSPS) is 10.6. The zero-order valence-electron chi connectivity index (χ0n) is 18.2. The molecule has 0 unspecified atom stereocenters. The summed E-state index contributed by atoms with van der Waals surface area (Å²) >= 11 is 11.8.